The molecule has 0 saturated carbocycles. The number of ether oxygens (including phenoxy) is 2. The van der Waals surface area contributed by atoms with Gasteiger partial charge in [0.05, 0.1) is 23.3 Å². The number of amides is 1. The first-order valence-corrected chi connectivity index (χ1v) is 13.2. The van der Waals surface area contributed by atoms with E-state index in [9.17, 15) is 14.0 Å². The maximum absolute atomic E-state index is 14.9. The number of imidazole rings is 1. The third-order valence-electron chi connectivity index (χ3n) is 6.69. The third-order valence-corrected chi connectivity index (χ3v) is 6.69. The zero-order valence-corrected chi connectivity index (χ0v) is 23.5. The van der Waals surface area contributed by atoms with Crippen LogP contribution in [0.1, 0.15) is 47.2 Å². The molecule has 4 heterocycles. The molecule has 1 amide bonds. The second-order valence-corrected chi connectivity index (χ2v) is 11.2. The zero-order chi connectivity index (χ0) is 28.8. The number of carbonyl (C=O) groups is 2. The highest BCUT2D eigenvalue weighted by molar-refractivity contribution is 5.83. The van der Waals surface area contributed by atoms with Crippen LogP contribution in [-0.4, -0.2) is 67.1 Å². The predicted molar refractivity (Wildman–Crippen MR) is 148 cm³/mol. The molecule has 1 saturated heterocycles. The normalized spacial score (nSPS) is 17.9. The number of hydrogen-bond acceptors (Lipinski definition) is 8. The fourth-order valence-electron chi connectivity index (χ4n) is 5.04. The second kappa shape index (κ2) is 10.4. The summed E-state index contributed by atoms with van der Waals surface area (Å²) >= 11 is 0. The molecule has 2 atom stereocenters. The van der Waals surface area contributed by atoms with Gasteiger partial charge >= 0.3 is 12.1 Å². The summed E-state index contributed by atoms with van der Waals surface area (Å²) in [6, 6.07) is 7.24. The molecule has 0 radical (unpaired) electrons. The number of hydrogen-bond donors (Lipinski definition) is 0. The number of anilines is 1. The van der Waals surface area contributed by atoms with Crippen molar-refractivity contribution < 1.29 is 23.5 Å². The van der Waals surface area contributed by atoms with Crippen LogP contribution in [0.15, 0.2) is 42.9 Å². The first-order valence-electron chi connectivity index (χ1n) is 13.2. The van der Waals surface area contributed by atoms with Crippen molar-refractivity contribution in [3.05, 3.63) is 54.4 Å². The Morgan fingerprint density at radius 2 is 1.80 bits per heavy atom. The molecule has 0 spiro atoms. The molecule has 5 rings (SSSR count). The van der Waals surface area contributed by atoms with Gasteiger partial charge in [0, 0.05) is 55.2 Å². The summed E-state index contributed by atoms with van der Waals surface area (Å²) in [6.07, 6.45) is 4.75. The fourth-order valence-corrected chi connectivity index (χ4v) is 5.04. The molecule has 1 fully saturated rings. The summed E-state index contributed by atoms with van der Waals surface area (Å²) in [4.78, 5) is 41.3. The summed E-state index contributed by atoms with van der Waals surface area (Å²) in [7, 11) is 0. The van der Waals surface area contributed by atoms with Gasteiger partial charge < -0.3 is 18.8 Å². The number of aromatic nitrogens is 4. The average Bonchev–Trinajstić information content (AvgIpc) is 3.29. The summed E-state index contributed by atoms with van der Waals surface area (Å²) in [5.41, 5.74) is 2.25. The lowest BCUT2D eigenvalue weighted by atomic mass is 10.1. The highest BCUT2D eigenvalue weighted by Crippen LogP contribution is 2.28. The van der Waals surface area contributed by atoms with Crippen LogP contribution in [-0.2, 0) is 20.9 Å². The average molecular weight is 549 g/mol. The monoisotopic (exact) mass is 548 g/mol. The van der Waals surface area contributed by atoms with Gasteiger partial charge in [-0.25, -0.2) is 24.1 Å². The van der Waals surface area contributed by atoms with Gasteiger partial charge in [-0.1, -0.05) is 0 Å². The highest BCUT2D eigenvalue weighted by atomic mass is 19.1. The number of piperazine rings is 1. The van der Waals surface area contributed by atoms with E-state index in [1.807, 2.05) is 57.7 Å². The molecular formula is C29H33FN6O4. The van der Waals surface area contributed by atoms with Gasteiger partial charge in [0.25, 0.3) is 0 Å². The Morgan fingerprint density at radius 1 is 1.07 bits per heavy atom. The van der Waals surface area contributed by atoms with Gasteiger partial charge in [-0.15, -0.1) is 0 Å². The van der Waals surface area contributed by atoms with Gasteiger partial charge in [-0.05, 0) is 58.9 Å². The maximum Gasteiger partial charge on any atom is 0.410 e. The van der Waals surface area contributed by atoms with E-state index < -0.39 is 17.4 Å². The van der Waals surface area contributed by atoms with E-state index in [1.54, 1.807) is 23.0 Å². The number of fused-ring (bicyclic) bond motifs is 2. The first kappa shape index (κ1) is 27.3. The third kappa shape index (κ3) is 5.68. The molecule has 3 aromatic heterocycles. The van der Waals surface area contributed by atoms with E-state index in [1.165, 1.54) is 13.0 Å². The van der Waals surface area contributed by atoms with Gasteiger partial charge in [0.2, 0.25) is 0 Å². The van der Waals surface area contributed by atoms with Crippen LogP contribution in [0, 0.1) is 5.82 Å². The Balaban J connectivity index is 1.36. The number of pyridine rings is 1. The van der Waals surface area contributed by atoms with Crippen molar-refractivity contribution in [1.82, 2.24) is 24.3 Å². The molecule has 1 aromatic carbocycles. The molecule has 210 valence electrons. The maximum atomic E-state index is 14.9. The summed E-state index contributed by atoms with van der Waals surface area (Å²) in [6.45, 7) is 12.3. The molecule has 0 unspecified atom stereocenters. The Labute approximate surface area is 231 Å². The largest absolute Gasteiger partial charge is 0.459 e. The standard InChI is InChI=1S/C29H33FN6O4/c1-17-12-34(13-18(2)36(17)28(38)40-29(4,5)6)23-7-8-25-20(9-23)11-31-26(33-25)21-10-24(30)27-32-22(15-35(27)14-21)16-39-19(3)37/h7-11,14-15,17-18H,12-13,16H2,1-6H3/t17-,18-/m0/s1. The molecule has 1 aliphatic heterocycles. The van der Waals surface area contributed by atoms with Crippen LogP contribution in [0.2, 0.25) is 0 Å². The Hall–Kier alpha value is -4.28. The van der Waals surface area contributed by atoms with Crippen molar-refractivity contribution in [1.29, 1.82) is 0 Å². The molecule has 4 aromatic rings. The Morgan fingerprint density at radius 3 is 2.48 bits per heavy atom. The van der Waals surface area contributed by atoms with Crippen molar-refractivity contribution in [2.24, 2.45) is 0 Å². The van der Waals surface area contributed by atoms with Crippen molar-refractivity contribution in [2.45, 2.75) is 65.8 Å². The molecule has 1 aliphatic rings. The van der Waals surface area contributed by atoms with E-state index in [-0.39, 0.29) is 30.4 Å². The fraction of sp³-hybridized carbons (Fsp3) is 0.414. The van der Waals surface area contributed by atoms with Crippen LogP contribution < -0.4 is 4.90 Å². The minimum Gasteiger partial charge on any atom is -0.459 e. The smallest absolute Gasteiger partial charge is 0.410 e. The molecule has 0 aliphatic carbocycles. The SMILES string of the molecule is CC(=O)OCc1cn2cc(-c3ncc4cc(N5C[C@H](C)N(C(=O)OC(C)(C)C)[C@@H](C)C5)ccc4n3)cc(F)c2n1. The van der Waals surface area contributed by atoms with Crippen LogP contribution in [0.5, 0.6) is 0 Å². The van der Waals surface area contributed by atoms with Crippen LogP contribution >= 0.6 is 0 Å². The number of benzene rings is 1. The summed E-state index contributed by atoms with van der Waals surface area (Å²) in [5.74, 6) is -0.582. The van der Waals surface area contributed by atoms with E-state index in [0.29, 0.717) is 30.2 Å². The lowest BCUT2D eigenvalue weighted by Gasteiger charge is -2.45. The number of rotatable bonds is 4. The summed E-state index contributed by atoms with van der Waals surface area (Å²) in [5, 5.41) is 0.851. The van der Waals surface area contributed by atoms with E-state index in [4.69, 9.17) is 9.47 Å². The lowest BCUT2D eigenvalue weighted by Crippen LogP contribution is -2.59. The molecule has 0 N–H and O–H groups in total. The quantitative estimate of drug-likeness (QED) is 0.329. The summed E-state index contributed by atoms with van der Waals surface area (Å²) < 4.78 is 27.0. The second-order valence-electron chi connectivity index (χ2n) is 11.2. The molecule has 10 nitrogen and oxygen atoms in total. The van der Waals surface area contributed by atoms with Crippen molar-refractivity contribution in [3.8, 4) is 11.4 Å². The number of carbonyl (C=O) groups excluding carboxylic acids is 2. The number of halogens is 1. The van der Waals surface area contributed by atoms with Crippen molar-refractivity contribution >= 4 is 34.3 Å². The first-order chi connectivity index (χ1) is 18.9. The van der Waals surface area contributed by atoms with Crippen LogP contribution in [0.3, 0.4) is 0 Å². The van der Waals surface area contributed by atoms with E-state index >= 15 is 0 Å². The zero-order valence-electron chi connectivity index (χ0n) is 23.5. The molecule has 40 heavy (non-hydrogen) atoms. The van der Waals surface area contributed by atoms with Gasteiger partial charge in [0.1, 0.15) is 12.2 Å². The van der Waals surface area contributed by atoms with Gasteiger partial charge in [0.15, 0.2) is 17.3 Å². The van der Waals surface area contributed by atoms with Gasteiger partial charge in [-0.3, -0.25) is 9.69 Å². The van der Waals surface area contributed by atoms with Crippen molar-refractivity contribution in [3.63, 3.8) is 0 Å². The van der Waals surface area contributed by atoms with Crippen LogP contribution in [0.25, 0.3) is 27.9 Å². The Kier molecular flexibility index (Phi) is 7.07. The topological polar surface area (TPSA) is 102 Å². The molecule has 0 bridgehead atoms. The number of esters is 1. The van der Waals surface area contributed by atoms with E-state index in [2.05, 4.69) is 19.9 Å². The van der Waals surface area contributed by atoms with Crippen molar-refractivity contribution in [2.75, 3.05) is 18.0 Å². The minimum absolute atomic E-state index is 0.0320. The highest BCUT2D eigenvalue weighted by Gasteiger charge is 2.35. The van der Waals surface area contributed by atoms with Gasteiger partial charge in [-0.2, -0.15) is 0 Å². The lowest BCUT2D eigenvalue weighted by molar-refractivity contribution is -0.142. The minimum atomic E-state index is -0.546. The number of nitrogens with zero attached hydrogens (tertiary/aromatic N) is 6. The Bertz CT molecular complexity index is 1580. The predicted octanol–water partition coefficient (Wildman–Crippen LogP) is 4.98. The molecular weight excluding hydrogens is 515 g/mol. The van der Waals surface area contributed by atoms with Crippen LogP contribution in [0.4, 0.5) is 14.9 Å². The van der Waals surface area contributed by atoms with E-state index in [0.717, 1.165) is 16.6 Å². The molecule has 11 heteroatoms.